The van der Waals surface area contributed by atoms with E-state index in [1.54, 1.807) is 31.7 Å². The number of hydrogen-bond acceptors (Lipinski definition) is 6. The molecule has 0 saturated heterocycles. The zero-order valence-corrected chi connectivity index (χ0v) is 17.9. The Morgan fingerprint density at radius 3 is 2.72 bits per heavy atom. The van der Waals surface area contributed by atoms with Gasteiger partial charge >= 0.3 is 0 Å². The minimum absolute atomic E-state index is 0.530. The maximum atomic E-state index is 5.78. The van der Waals surface area contributed by atoms with Crippen LogP contribution in [0.3, 0.4) is 0 Å². The second-order valence-electron chi connectivity index (χ2n) is 6.40. The van der Waals surface area contributed by atoms with Crippen LogP contribution < -0.4 is 14.8 Å². The van der Waals surface area contributed by atoms with E-state index >= 15 is 0 Å². The Morgan fingerprint density at radius 1 is 1.24 bits per heavy atom. The number of aliphatic imine (C=N–C) groups is 1. The average molecular weight is 412 g/mol. The van der Waals surface area contributed by atoms with E-state index in [0.29, 0.717) is 24.7 Å². The number of benzene rings is 1. The lowest BCUT2D eigenvalue weighted by atomic mass is 10.3. The number of hydrogen-bond donors (Lipinski definition) is 1. The van der Waals surface area contributed by atoms with Crippen molar-refractivity contribution in [3.63, 3.8) is 0 Å². The molecule has 29 heavy (non-hydrogen) atoms. The van der Waals surface area contributed by atoms with Crippen LogP contribution in [0.2, 0.25) is 0 Å². The van der Waals surface area contributed by atoms with Gasteiger partial charge in [0.05, 0.1) is 24.4 Å². The average Bonchev–Trinajstić information content (AvgIpc) is 3.14. The van der Waals surface area contributed by atoms with Crippen molar-refractivity contribution in [3.8, 4) is 17.4 Å². The molecule has 0 unspecified atom stereocenters. The van der Waals surface area contributed by atoms with Crippen molar-refractivity contribution >= 4 is 17.3 Å². The zero-order chi connectivity index (χ0) is 20.6. The van der Waals surface area contributed by atoms with Crippen molar-refractivity contribution in [3.05, 3.63) is 64.2 Å². The molecule has 8 heteroatoms. The van der Waals surface area contributed by atoms with Crippen LogP contribution >= 0.6 is 11.3 Å². The van der Waals surface area contributed by atoms with Gasteiger partial charge in [-0.15, -0.1) is 11.3 Å². The molecule has 0 radical (unpaired) electrons. The highest BCUT2D eigenvalue weighted by molar-refractivity contribution is 7.09. The summed E-state index contributed by atoms with van der Waals surface area (Å²) in [4.78, 5) is 15.3. The molecule has 0 aliphatic heterocycles. The van der Waals surface area contributed by atoms with Gasteiger partial charge in [-0.25, -0.2) is 9.97 Å². The number of pyridine rings is 1. The molecular formula is C21H25N5O2S. The van der Waals surface area contributed by atoms with Crippen LogP contribution in [0, 0.1) is 6.92 Å². The normalized spacial score (nSPS) is 11.2. The summed E-state index contributed by atoms with van der Waals surface area (Å²) in [6.07, 6.45) is 1.79. The number of guanidine groups is 1. The van der Waals surface area contributed by atoms with Gasteiger partial charge in [0.2, 0.25) is 5.88 Å². The van der Waals surface area contributed by atoms with E-state index in [9.17, 15) is 0 Å². The summed E-state index contributed by atoms with van der Waals surface area (Å²) in [7, 11) is 5.39. The van der Waals surface area contributed by atoms with Crippen LogP contribution in [0.4, 0.5) is 0 Å². The van der Waals surface area contributed by atoms with Gasteiger partial charge in [-0.3, -0.25) is 4.99 Å². The molecule has 0 spiro atoms. The van der Waals surface area contributed by atoms with Gasteiger partial charge in [-0.05, 0) is 24.6 Å². The van der Waals surface area contributed by atoms with Crippen LogP contribution in [0.5, 0.6) is 17.4 Å². The Hall–Kier alpha value is -3.13. The molecule has 0 saturated carbocycles. The second kappa shape index (κ2) is 9.88. The third-order valence-electron chi connectivity index (χ3n) is 4.15. The largest absolute Gasteiger partial charge is 0.497 e. The molecule has 2 aromatic heterocycles. The molecule has 0 aliphatic carbocycles. The molecule has 1 aromatic carbocycles. The van der Waals surface area contributed by atoms with Crippen molar-refractivity contribution < 1.29 is 9.47 Å². The number of thiazole rings is 1. The monoisotopic (exact) mass is 411 g/mol. The van der Waals surface area contributed by atoms with Gasteiger partial charge in [0, 0.05) is 44.3 Å². The van der Waals surface area contributed by atoms with Crippen LogP contribution in [0.1, 0.15) is 16.3 Å². The standard InChI is InChI=1S/C21H25N5O2S/c1-15-25-17(14-29-15)13-26(3)21(22-2)24-12-16-8-9-20(23-11-16)28-19-7-5-6-18(10-19)27-4/h5-11,14H,12-13H2,1-4H3,(H,22,24). The highest BCUT2D eigenvalue weighted by Gasteiger charge is 2.09. The lowest BCUT2D eigenvalue weighted by molar-refractivity contribution is 0.407. The number of nitrogens with one attached hydrogen (secondary N) is 1. The fourth-order valence-corrected chi connectivity index (χ4v) is 3.33. The van der Waals surface area contributed by atoms with Gasteiger partial charge < -0.3 is 19.7 Å². The van der Waals surface area contributed by atoms with Gasteiger partial charge in [0.25, 0.3) is 0 Å². The van der Waals surface area contributed by atoms with E-state index < -0.39 is 0 Å². The van der Waals surface area contributed by atoms with Crippen LogP contribution in [0.15, 0.2) is 53.0 Å². The predicted octanol–water partition coefficient (Wildman–Crippen LogP) is 3.85. The molecule has 0 fully saturated rings. The van der Waals surface area contributed by atoms with Crippen molar-refractivity contribution in [2.75, 3.05) is 21.2 Å². The molecule has 2 heterocycles. The van der Waals surface area contributed by atoms with E-state index in [4.69, 9.17) is 9.47 Å². The first-order valence-electron chi connectivity index (χ1n) is 9.17. The predicted molar refractivity (Wildman–Crippen MR) is 116 cm³/mol. The maximum Gasteiger partial charge on any atom is 0.219 e. The third kappa shape index (κ3) is 5.92. The van der Waals surface area contributed by atoms with Gasteiger partial charge in [-0.2, -0.15) is 0 Å². The highest BCUT2D eigenvalue weighted by atomic mass is 32.1. The fraction of sp³-hybridized carbons (Fsp3) is 0.286. The molecule has 0 atom stereocenters. The molecular weight excluding hydrogens is 386 g/mol. The number of aryl methyl sites for hydroxylation is 1. The minimum atomic E-state index is 0.530. The third-order valence-corrected chi connectivity index (χ3v) is 4.97. The first-order valence-corrected chi connectivity index (χ1v) is 10.0. The summed E-state index contributed by atoms with van der Waals surface area (Å²) in [5.74, 6) is 2.75. The maximum absolute atomic E-state index is 5.78. The SMILES string of the molecule is CN=C(NCc1ccc(Oc2cccc(OC)c2)nc1)N(C)Cc1csc(C)n1. The molecule has 0 aliphatic rings. The second-order valence-corrected chi connectivity index (χ2v) is 7.46. The number of ether oxygens (including phenoxy) is 2. The van der Waals surface area contributed by atoms with Crippen molar-refractivity contribution in [1.82, 2.24) is 20.2 Å². The lowest BCUT2D eigenvalue weighted by Crippen LogP contribution is -2.38. The van der Waals surface area contributed by atoms with Crippen LogP contribution in [-0.2, 0) is 13.1 Å². The first kappa shape index (κ1) is 20.6. The molecule has 1 N–H and O–H groups in total. The van der Waals surface area contributed by atoms with Crippen molar-refractivity contribution in [2.24, 2.45) is 4.99 Å². The number of methoxy groups -OCH3 is 1. The van der Waals surface area contributed by atoms with Gasteiger partial charge in [0.1, 0.15) is 11.5 Å². The Morgan fingerprint density at radius 2 is 2.07 bits per heavy atom. The zero-order valence-electron chi connectivity index (χ0n) is 17.0. The van der Waals surface area contributed by atoms with Crippen molar-refractivity contribution in [1.29, 1.82) is 0 Å². The van der Waals surface area contributed by atoms with E-state index in [2.05, 4.69) is 25.7 Å². The topological polar surface area (TPSA) is 71.9 Å². The highest BCUT2D eigenvalue weighted by Crippen LogP contribution is 2.23. The quantitative estimate of drug-likeness (QED) is 0.470. The van der Waals surface area contributed by atoms with E-state index in [0.717, 1.165) is 28.0 Å². The fourth-order valence-electron chi connectivity index (χ4n) is 2.73. The molecule has 0 bridgehead atoms. The molecule has 152 valence electrons. The summed E-state index contributed by atoms with van der Waals surface area (Å²) in [6, 6.07) is 11.3. The minimum Gasteiger partial charge on any atom is -0.497 e. The molecule has 3 rings (SSSR count). The van der Waals surface area contributed by atoms with E-state index in [1.165, 1.54) is 0 Å². The summed E-state index contributed by atoms with van der Waals surface area (Å²) in [5, 5.41) is 6.49. The van der Waals surface area contributed by atoms with E-state index in [1.807, 2.05) is 55.3 Å². The number of aromatic nitrogens is 2. The van der Waals surface area contributed by atoms with Gasteiger partial charge in [0.15, 0.2) is 5.96 Å². The number of rotatable bonds is 7. The Labute approximate surface area is 175 Å². The summed E-state index contributed by atoms with van der Waals surface area (Å²) >= 11 is 1.65. The summed E-state index contributed by atoms with van der Waals surface area (Å²) in [5.41, 5.74) is 2.07. The lowest BCUT2D eigenvalue weighted by Gasteiger charge is -2.21. The van der Waals surface area contributed by atoms with Crippen molar-refractivity contribution in [2.45, 2.75) is 20.0 Å². The Bertz CT molecular complexity index is 956. The Balaban J connectivity index is 1.54. The molecule has 7 nitrogen and oxygen atoms in total. The number of nitrogens with zero attached hydrogens (tertiary/aromatic N) is 4. The summed E-state index contributed by atoms with van der Waals surface area (Å²) in [6.45, 7) is 3.32. The smallest absolute Gasteiger partial charge is 0.219 e. The van der Waals surface area contributed by atoms with Crippen LogP contribution in [0.25, 0.3) is 0 Å². The molecule has 3 aromatic rings. The van der Waals surface area contributed by atoms with E-state index in [-0.39, 0.29) is 0 Å². The Kier molecular flexibility index (Phi) is 7.02. The molecule has 0 amide bonds. The van der Waals surface area contributed by atoms with Gasteiger partial charge in [-0.1, -0.05) is 12.1 Å². The summed E-state index contributed by atoms with van der Waals surface area (Å²) < 4.78 is 11.0. The first-order chi connectivity index (χ1) is 14.1. The van der Waals surface area contributed by atoms with Crippen LogP contribution in [-0.4, -0.2) is 42.0 Å².